The Balaban J connectivity index is 0.00000169. The van der Waals surface area contributed by atoms with Crippen molar-refractivity contribution in [3.63, 3.8) is 0 Å². The lowest BCUT2D eigenvalue weighted by Gasteiger charge is -2.36. The molecule has 4 nitrogen and oxygen atoms in total. The standard InChI is InChI=1S/C20H31N3O.2ClH/c1-23(2)20(13-17-5-3-4-6-18(17)14-20)15-22-19(24)8-7-16-9-11-21-12-10-16;;/h3-6,16,21H,7-15H2,1-2H3,(H,22,24);2*1H. The van der Waals surface area contributed by atoms with E-state index in [0.29, 0.717) is 6.42 Å². The number of hydrogen-bond donors (Lipinski definition) is 2. The molecule has 1 amide bonds. The Kier molecular flexibility index (Phi) is 9.39. The highest BCUT2D eigenvalue weighted by Gasteiger charge is 2.39. The number of amides is 1. The van der Waals surface area contributed by atoms with E-state index < -0.39 is 0 Å². The molecule has 0 aromatic heterocycles. The van der Waals surface area contributed by atoms with Crippen molar-refractivity contribution in [1.29, 1.82) is 0 Å². The second-order valence-corrected chi connectivity index (χ2v) is 7.75. The number of carbonyl (C=O) groups is 1. The molecule has 2 N–H and O–H groups in total. The second-order valence-electron chi connectivity index (χ2n) is 7.75. The summed E-state index contributed by atoms with van der Waals surface area (Å²) in [6.45, 7) is 2.95. The molecule has 0 unspecified atom stereocenters. The summed E-state index contributed by atoms with van der Waals surface area (Å²) < 4.78 is 0. The van der Waals surface area contributed by atoms with Gasteiger partial charge in [0.15, 0.2) is 0 Å². The second kappa shape index (κ2) is 10.5. The van der Waals surface area contributed by atoms with Crippen molar-refractivity contribution in [3.05, 3.63) is 35.4 Å². The molecular weight excluding hydrogens is 369 g/mol. The van der Waals surface area contributed by atoms with Crippen LogP contribution in [-0.2, 0) is 17.6 Å². The summed E-state index contributed by atoms with van der Waals surface area (Å²) in [5, 5.41) is 6.61. The van der Waals surface area contributed by atoms with Gasteiger partial charge >= 0.3 is 0 Å². The van der Waals surface area contributed by atoms with Gasteiger partial charge in [-0.05, 0) is 76.3 Å². The quantitative estimate of drug-likeness (QED) is 0.769. The van der Waals surface area contributed by atoms with E-state index in [1.165, 1.54) is 24.0 Å². The van der Waals surface area contributed by atoms with Crippen LogP contribution in [0.1, 0.15) is 36.8 Å². The van der Waals surface area contributed by atoms with Crippen LogP contribution in [0.4, 0.5) is 0 Å². The van der Waals surface area contributed by atoms with Gasteiger partial charge in [-0.3, -0.25) is 4.79 Å². The van der Waals surface area contributed by atoms with Gasteiger partial charge < -0.3 is 15.5 Å². The van der Waals surface area contributed by atoms with Crippen molar-refractivity contribution in [2.75, 3.05) is 33.7 Å². The Morgan fingerprint density at radius 2 is 1.73 bits per heavy atom. The molecule has 2 aliphatic rings. The van der Waals surface area contributed by atoms with E-state index in [1.807, 2.05) is 0 Å². The number of benzene rings is 1. The number of likely N-dealkylation sites (N-methyl/N-ethyl adjacent to an activating group) is 1. The zero-order chi connectivity index (χ0) is 17.0. The van der Waals surface area contributed by atoms with E-state index in [4.69, 9.17) is 0 Å². The number of halogens is 2. The fraction of sp³-hybridized carbons (Fsp3) is 0.650. The minimum Gasteiger partial charge on any atom is -0.354 e. The largest absolute Gasteiger partial charge is 0.354 e. The summed E-state index contributed by atoms with van der Waals surface area (Å²) in [7, 11) is 4.26. The first-order valence-corrected chi connectivity index (χ1v) is 9.31. The van der Waals surface area contributed by atoms with Crippen LogP contribution >= 0.6 is 24.8 Å². The third-order valence-corrected chi connectivity index (χ3v) is 5.96. The summed E-state index contributed by atoms with van der Waals surface area (Å²) in [6, 6.07) is 8.67. The molecule has 1 aromatic rings. The van der Waals surface area contributed by atoms with Crippen molar-refractivity contribution >= 4 is 30.7 Å². The Labute approximate surface area is 170 Å². The molecule has 26 heavy (non-hydrogen) atoms. The number of hydrogen-bond acceptors (Lipinski definition) is 3. The summed E-state index contributed by atoms with van der Waals surface area (Å²) in [5.41, 5.74) is 2.87. The maximum Gasteiger partial charge on any atom is 0.220 e. The molecule has 1 heterocycles. The first kappa shape index (κ1) is 23.2. The van der Waals surface area contributed by atoms with Gasteiger partial charge in [0, 0.05) is 18.5 Å². The van der Waals surface area contributed by atoms with Gasteiger partial charge in [0.1, 0.15) is 0 Å². The Bertz CT molecular complexity index is 549. The van der Waals surface area contributed by atoms with Crippen LogP contribution in [0, 0.1) is 5.92 Å². The van der Waals surface area contributed by atoms with Gasteiger partial charge in [0.2, 0.25) is 5.91 Å². The number of nitrogens with one attached hydrogen (secondary N) is 2. The van der Waals surface area contributed by atoms with Gasteiger partial charge in [0.25, 0.3) is 0 Å². The molecule has 1 aliphatic carbocycles. The fourth-order valence-electron chi connectivity index (χ4n) is 4.13. The van der Waals surface area contributed by atoms with E-state index in [-0.39, 0.29) is 36.3 Å². The Hall–Kier alpha value is -0.810. The highest BCUT2D eigenvalue weighted by atomic mass is 35.5. The number of piperidine rings is 1. The van der Waals surface area contributed by atoms with E-state index >= 15 is 0 Å². The first-order chi connectivity index (χ1) is 11.6. The summed E-state index contributed by atoms with van der Waals surface area (Å²) in [6.07, 6.45) is 6.16. The third kappa shape index (κ3) is 5.59. The molecule has 1 aliphatic heterocycles. The number of nitrogens with zero attached hydrogens (tertiary/aromatic N) is 1. The molecule has 1 fully saturated rings. The molecule has 6 heteroatoms. The molecule has 0 radical (unpaired) electrons. The monoisotopic (exact) mass is 401 g/mol. The minimum atomic E-state index is 0. The molecule has 3 rings (SSSR count). The Morgan fingerprint density at radius 1 is 1.15 bits per heavy atom. The predicted molar refractivity (Wildman–Crippen MR) is 113 cm³/mol. The average Bonchev–Trinajstić information content (AvgIpc) is 2.99. The molecule has 1 aromatic carbocycles. The molecule has 148 valence electrons. The molecule has 0 atom stereocenters. The van der Waals surface area contributed by atoms with Gasteiger partial charge in [-0.1, -0.05) is 24.3 Å². The van der Waals surface area contributed by atoms with Crippen molar-refractivity contribution in [2.24, 2.45) is 5.92 Å². The maximum absolute atomic E-state index is 12.3. The SMILES string of the molecule is CN(C)C1(CNC(=O)CCC2CCNCC2)Cc2ccccc2C1.Cl.Cl. The molecule has 0 spiro atoms. The van der Waals surface area contributed by atoms with E-state index in [9.17, 15) is 4.79 Å². The number of fused-ring (bicyclic) bond motifs is 1. The van der Waals surface area contributed by atoms with Gasteiger partial charge in [-0.25, -0.2) is 0 Å². The Morgan fingerprint density at radius 3 is 2.27 bits per heavy atom. The normalized spacial score (nSPS) is 18.6. The van der Waals surface area contributed by atoms with Crippen molar-refractivity contribution in [3.8, 4) is 0 Å². The van der Waals surface area contributed by atoms with Crippen molar-refractivity contribution < 1.29 is 4.79 Å². The van der Waals surface area contributed by atoms with Gasteiger partial charge in [-0.15, -0.1) is 24.8 Å². The van der Waals surface area contributed by atoms with E-state index in [0.717, 1.165) is 44.8 Å². The van der Waals surface area contributed by atoms with Crippen LogP contribution in [0.15, 0.2) is 24.3 Å². The number of rotatable bonds is 6. The van der Waals surface area contributed by atoms with Crippen LogP contribution in [0.25, 0.3) is 0 Å². The molecule has 1 saturated heterocycles. The van der Waals surface area contributed by atoms with Crippen molar-refractivity contribution in [2.45, 2.75) is 44.1 Å². The predicted octanol–water partition coefficient (Wildman–Crippen LogP) is 2.83. The molecular formula is C20H33Cl2N3O. The summed E-state index contributed by atoms with van der Waals surface area (Å²) >= 11 is 0. The average molecular weight is 402 g/mol. The lowest BCUT2D eigenvalue weighted by molar-refractivity contribution is -0.122. The highest BCUT2D eigenvalue weighted by Crippen LogP contribution is 2.33. The van der Waals surface area contributed by atoms with Crippen LogP contribution in [0.3, 0.4) is 0 Å². The topological polar surface area (TPSA) is 44.4 Å². The summed E-state index contributed by atoms with van der Waals surface area (Å²) in [4.78, 5) is 14.6. The third-order valence-electron chi connectivity index (χ3n) is 5.96. The zero-order valence-corrected chi connectivity index (χ0v) is 17.6. The maximum atomic E-state index is 12.3. The van der Waals surface area contributed by atoms with Crippen LogP contribution in [0.5, 0.6) is 0 Å². The number of carbonyl (C=O) groups excluding carboxylic acids is 1. The zero-order valence-electron chi connectivity index (χ0n) is 15.9. The summed E-state index contributed by atoms with van der Waals surface area (Å²) in [5.74, 6) is 0.932. The first-order valence-electron chi connectivity index (χ1n) is 9.31. The van der Waals surface area contributed by atoms with Gasteiger partial charge in [-0.2, -0.15) is 0 Å². The van der Waals surface area contributed by atoms with E-state index in [1.54, 1.807) is 0 Å². The van der Waals surface area contributed by atoms with E-state index in [2.05, 4.69) is 53.9 Å². The van der Waals surface area contributed by atoms with Crippen LogP contribution < -0.4 is 10.6 Å². The lowest BCUT2D eigenvalue weighted by Crippen LogP contribution is -2.53. The fourth-order valence-corrected chi connectivity index (χ4v) is 4.13. The van der Waals surface area contributed by atoms with Crippen molar-refractivity contribution in [1.82, 2.24) is 15.5 Å². The highest BCUT2D eigenvalue weighted by molar-refractivity contribution is 5.85. The lowest BCUT2D eigenvalue weighted by atomic mass is 9.92. The van der Waals surface area contributed by atoms with Crippen LogP contribution in [-0.4, -0.2) is 50.1 Å². The molecule has 0 saturated carbocycles. The van der Waals surface area contributed by atoms with Crippen LogP contribution in [0.2, 0.25) is 0 Å². The van der Waals surface area contributed by atoms with Gasteiger partial charge in [0.05, 0.1) is 0 Å². The smallest absolute Gasteiger partial charge is 0.220 e. The molecule has 0 bridgehead atoms. The minimum absolute atomic E-state index is 0.